The maximum atomic E-state index is 10.5. The predicted molar refractivity (Wildman–Crippen MR) is 83.5 cm³/mol. The van der Waals surface area contributed by atoms with E-state index in [0.29, 0.717) is 19.1 Å². The molecule has 1 aliphatic rings. The Bertz CT molecular complexity index is 418. The highest BCUT2D eigenvalue weighted by Crippen LogP contribution is 2.25. The van der Waals surface area contributed by atoms with Gasteiger partial charge in [-0.25, -0.2) is 0 Å². The minimum absolute atomic E-state index is 0.140. The molecule has 1 saturated carbocycles. The molecule has 2 N–H and O–H groups in total. The van der Waals surface area contributed by atoms with Crippen molar-refractivity contribution in [3.05, 3.63) is 29.8 Å². The first-order valence-electron chi connectivity index (χ1n) is 7.91. The number of ether oxygens (including phenoxy) is 1. The van der Waals surface area contributed by atoms with E-state index in [4.69, 9.17) is 4.74 Å². The van der Waals surface area contributed by atoms with E-state index >= 15 is 0 Å². The second kappa shape index (κ2) is 8.37. The van der Waals surface area contributed by atoms with Gasteiger partial charge in [0.15, 0.2) is 0 Å². The van der Waals surface area contributed by atoms with Gasteiger partial charge in [-0.2, -0.15) is 0 Å². The molecular weight excluding hydrogens is 266 g/mol. The lowest BCUT2D eigenvalue weighted by atomic mass is 9.93. The van der Waals surface area contributed by atoms with Gasteiger partial charge in [0.25, 0.3) is 0 Å². The van der Waals surface area contributed by atoms with E-state index in [1.165, 1.54) is 32.1 Å². The maximum Gasteiger partial charge on any atom is 0.119 e. The number of benzene rings is 1. The first-order chi connectivity index (χ1) is 10.2. The van der Waals surface area contributed by atoms with Gasteiger partial charge in [0.2, 0.25) is 0 Å². The molecule has 1 unspecified atom stereocenters. The fourth-order valence-electron chi connectivity index (χ4n) is 3.17. The SMILES string of the molecule is COc1cccc(C(O)CN(CCO)C2CCCCC2)c1. The molecule has 0 spiro atoms. The molecule has 0 amide bonds. The summed E-state index contributed by atoms with van der Waals surface area (Å²) in [7, 11) is 1.63. The minimum Gasteiger partial charge on any atom is -0.497 e. The fraction of sp³-hybridized carbons (Fsp3) is 0.647. The van der Waals surface area contributed by atoms with E-state index in [-0.39, 0.29) is 6.61 Å². The summed E-state index contributed by atoms with van der Waals surface area (Å²) in [5.41, 5.74) is 0.869. The predicted octanol–water partition coefficient (Wildman–Crippen LogP) is 2.36. The summed E-state index contributed by atoms with van der Waals surface area (Å²) in [4.78, 5) is 2.24. The second-order valence-electron chi connectivity index (χ2n) is 5.80. The average Bonchev–Trinajstić information content (AvgIpc) is 2.55. The van der Waals surface area contributed by atoms with Gasteiger partial charge in [-0.15, -0.1) is 0 Å². The lowest BCUT2D eigenvalue weighted by molar-refractivity contribution is 0.0599. The summed E-state index contributed by atoms with van der Waals surface area (Å²) in [6.45, 7) is 1.34. The van der Waals surface area contributed by atoms with Crippen LogP contribution < -0.4 is 4.74 Å². The first-order valence-corrected chi connectivity index (χ1v) is 7.91. The highest BCUT2D eigenvalue weighted by molar-refractivity contribution is 5.29. The third-order valence-electron chi connectivity index (χ3n) is 4.36. The monoisotopic (exact) mass is 293 g/mol. The molecule has 118 valence electrons. The van der Waals surface area contributed by atoms with Crippen LogP contribution in [0.15, 0.2) is 24.3 Å². The Labute approximate surface area is 127 Å². The zero-order chi connectivity index (χ0) is 15.1. The van der Waals surface area contributed by atoms with Crippen molar-refractivity contribution in [2.45, 2.75) is 44.2 Å². The molecule has 1 fully saturated rings. The molecule has 0 aromatic heterocycles. The van der Waals surface area contributed by atoms with Gasteiger partial charge in [-0.05, 0) is 30.5 Å². The van der Waals surface area contributed by atoms with E-state index in [0.717, 1.165) is 11.3 Å². The van der Waals surface area contributed by atoms with E-state index in [2.05, 4.69) is 4.90 Å². The molecule has 1 aromatic rings. The highest BCUT2D eigenvalue weighted by atomic mass is 16.5. The van der Waals surface area contributed by atoms with Crippen molar-refractivity contribution in [2.24, 2.45) is 0 Å². The number of rotatable bonds is 7. The van der Waals surface area contributed by atoms with E-state index in [1.54, 1.807) is 7.11 Å². The van der Waals surface area contributed by atoms with Gasteiger partial charge >= 0.3 is 0 Å². The molecule has 0 radical (unpaired) electrons. The van der Waals surface area contributed by atoms with E-state index < -0.39 is 6.10 Å². The third kappa shape index (κ3) is 4.70. The Hall–Kier alpha value is -1.10. The van der Waals surface area contributed by atoms with Crippen molar-refractivity contribution in [3.63, 3.8) is 0 Å². The number of hydrogen-bond acceptors (Lipinski definition) is 4. The van der Waals surface area contributed by atoms with Crippen LogP contribution in [0.3, 0.4) is 0 Å². The Morgan fingerprint density at radius 1 is 1.29 bits per heavy atom. The number of aliphatic hydroxyl groups excluding tert-OH is 2. The van der Waals surface area contributed by atoms with Crippen LogP contribution in [-0.2, 0) is 0 Å². The molecule has 21 heavy (non-hydrogen) atoms. The molecule has 4 heteroatoms. The van der Waals surface area contributed by atoms with Gasteiger partial charge < -0.3 is 14.9 Å². The minimum atomic E-state index is -0.548. The summed E-state index contributed by atoms with van der Waals surface area (Å²) in [6.07, 6.45) is 5.61. The van der Waals surface area contributed by atoms with Gasteiger partial charge in [0, 0.05) is 19.1 Å². The molecule has 2 rings (SSSR count). The molecule has 1 aromatic carbocycles. The molecule has 0 saturated heterocycles. The molecule has 1 aliphatic carbocycles. The van der Waals surface area contributed by atoms with Crippen LogP contribution in [0.1, 0.15) is 43.8 Å². The van der Waals surface area contributed by atoms with Crippen molar-refractivity contribution in [3.8, 4) is 5.75 Å². The van der Waals surface area contributed by atoms with Gasteiger partial charge in [0.1, 0.15) is 5.75 Å². The normalized spacial score (nSPS) is 17.9. The van der Waals surface area contributed by atoms with Crippen molar-refractivity contribution < 1.29 is 14.9 Å². The van der Waals surface area contributed by atoms with Crippen LogP contribution in [0.25, 0.3) is 0 Å². The first kappa shape index (κ1) is 16.3. The van der Waals surface area contributed by atoms with Gasteiger partial charge in [0.05, 0.1) is 19.8 Å². The highest BCUT2D eigenvalue weighted by Gasteiger charge is 2.23. The Kier molecular flexibility index (Phi) is 6.49. The summed E-state index contributed by atoms with van der Waals surface area (Å²) in [5.74, 6) is 0.762. The van der Waals surface area contributed by atoms with Crippen LogP contribution in [-0.4, -0.2) is 48.0 Å². The molecule has 1 atom stereocenters. The zero-order valence-corrected chi connectivity index (χ0v) is 12.9. The lowest BCUT2D eigenvalue weighted by Crippen LogP contribution is -2.41. The summed E-state index contributed by atoms with van der Waals surface area (Å²) < 4.78 is 5.21. The zero-order valence-electron chi connectivity index (χ0n) is 12.9. The number of nitrogens with zero attached hydrogens (tertiary/aromatic N) is 1. The standard InChI is InChI=1S/C17H27NO3/c1-21-16-9-5-6-14(12-16)17(20)13-18(10-11-19)15-7-3-2-4-8-15/h5-6,9,12,15,17,19-20H,2-4,7-8,10-11,13H2,1H3. The third-order valence-corrected chi connectivity index (χ3v) is 4.36. The second-order valence-corrected chi connectivity index (χ2v) is 5.80. The van der Waals surface area contributed by atoms with Crippen molar-refractivity contribution in [2.75, 3.05) is 26.8 Å². The average molecular weight is 293 g/mol. The molecule has 0 aliphatic heterocycles. The van der Waals surface area contributed by atoms with Crippen LogP contribution in [0.2, 0.25) is 0 Å². The van der Waals surface area contributed by atoms with E-state index in [1.807, 2.05) is 24.3 Å². The quantitative estimate of drug-likeness (QED) is 0.810. The lowest BCUT2D eigenvalue weighted by Gasteiger charge is -2.35. The molecule has 0 heterocycles. The maximum absolute atomic E-state index is 10.5. The van der Waals surface area contributed by atoms with Gasteiger partial charge in [-0.1, -0.05) is 31.4 Å². The number of hydrogen-bond donors (Lipinski definition) is 2. The number of methoxy groups -OCH3 is 1. The molecule has 4 nitrogen and oxygen atoms in total. The van der Waals surface area contributed by atoms with Gasteiger partial charge in [-0.3, -0.25) is 4.90 Å². The summed E-state index contributed by atoms with van der Waals surface area (Å²) >= 11 is 0. The molecular formula is C17H27NO3. The Balaban J connectivity index is 2.00. The van der Waals surface area contributed by atoms with Crippen LogP contribution in [0.4, 0.5) is 0 Å². The Morgan fingerprint density at radius 3 is 2.71 bits per heavy atom. The van der Waals surface area contributed by atoms with Crippen LogP contribution in [0.5, 0.6) is 5.75 Å². The fourth-order valence-corrected chi connectivity index (χ4v) is 3.17. The molecule has 0 bridgehead atoms. The van der Waals surface area contributed by atoms with Crippen LogP contribution >= 0.6 is 0 Å². The van der Waals surface area contributed by atoms with E-state index in [9.17, 15) is 10.2 Å². The van der Waals surface area contributed by atoms with Crippen molar-refractivity contribution >= 4 is 0 Å². The van der Waals surface area contributed by atoms with Crippen LogP contribution in [0, 0.1) is 0 Å². The van der Waals surface area contributed by atoms with Crippen molar-refractivity contribution in [1.82, 2.24) is 4.90 Å². The Morgan fingerprint density at radius 2 is 2.05 bits per heavy atom. The smallest absolute Gasteiger partial charge is 0.119 e. The largest absolute Gasteiger partial charge is 0.497 e. The number of aliphatic hydroxyl groups is 2. The summed E-state index contributed by atoms with van der Waals surface area (Å²) in [6, 6.07) is 8.07. The van der Waals surface area contributed by atoms with Crippen molar-refractivity contribution in [1.29, 1.82) is 0 Å². The summed E-state index contributed by atoms with van der Waals surface area (Å²) in [5, 5.41) is 19.8. The topological polar surface area (TPSA) is 52.9 Å².